The molecule has 0 amide bonds. The summed E-state index contributed by atoms with van der Waals surface area (Å²) in [6.45, 7) is 3.28. The summed E-state index contributed by atoms with van der Waals surface area (Å²) in [5.74, 6) is 0. The van der Waals surface area contributed by atoms with E-state index in [1.54, 1.807) is 6.07 Å². The number of benzene rings is 1. The minimum absolute atomic E-state index is 0.662. The zero-order valence-corrected chi connectivity index (χ0v) is 12.6. The normalized spacial score (nSPS) is 23.2. The highest BCUT2D eigenvalue weighted by molar-refractivity contribution is 6.34. The number of halogens is 2. The Kier molecular flexibility index (Phi) is 4.33. The van der Waals surface area contributed by atoms with Crippen LogP contribution in [0, 0.1) is 0 Å². The average Bonchev–Trinajstić information content (AvgIpc) is 3.06. The summed E-state index contributed by atoms with van der Waals surface area (Å²) in [4.78, 5) is 2.59. The lowest BCUT2D eigenvalue weighted by molar-refractivity contribution is 0.231. The van der Waals surface area contributed by atoms with Crippen molar-refractivity contribution in [2.75, 3.05) is 13.1 Å². The van der Waals surface area contributed by atoms with Crippen LogP contribution in [0.2, 0.25) is 10.0 Å². The van der Waals surface area contributed by atoms with E-state index in [0.29, 0.717) is 6.04 Å². The first-order chi connectivity index (χ1) is 9.20. The van der Waals surface area contributed by atoms with Crippen LogP contribution in [0.15, 0.2) is 18.2 Å². The summed E-state index contributed by atoms with van der Waals surface area (Å²) in [6.07, 6.45) is 5.29. The maximum atomic E-state index is 6.08. The molecule has 1 unspecified atom stereocenters. The minimum atomic E-state index is 0.662. The summed E-state index contributed by atoms with van der Waals surface area (Å²) < 4.78 is 0. The zero-order valence-electron chi connectivity index (χ0n) is 11.0. The van der Waals surface area contributed by atoms with Crippen molar-refractivity contribution in [2.45, 2.75) is 44.3 Å². The van der Waals surface area contributed by atoms with Crippen molar-refractivity contribution in [3.8, 4) is 0 Å². The Morgan fingerprint density at radius 3 is 2.42 bits per heavy atom. The van der Waals surface area contributed by atoms with Gasteiger partial charge in [0.05, 0.1) is 0 Å². The van der Waals surface area contributed by atoms with Crippen molar-refractivity contribution >= 4 is 23.2 Å². The van der Waals surface area contributed by atoms with Crippen molar-refractivity contribution in [1.82, 2.24) is 10.2 Å². The molecule has 1 N–H and O–H groups in total. The molecule has 2 fully saturated rings. The van der Waals surface area contributed by atoms with Crippen LogP contribution in [0.3, 0.4) is 0 Å². The second kappa shape index (κ2) is 6.01. The molecule has 0 radical (unpaired) electrons. The first kappa shape index (κ1) is 13.7. The van der Waals surface area contributed by atoms with Gasteiger partial charge < -0.3 is 5.32 Å². The molecule has 0 bridgehead atoms. The summed E-state index contributed by atoms with van der Waals surface area (Å²) >= 11 is 12.2. The molecule has 3 rings (SSSR count). The van der Waals surface area contributed by atoms with Crippen LogP contribution in [0.5, 0.6) is 0 Å². The molecular weight excluding hydrogens is 279 g/mol. The van der Waals surface area contributed by atoms with Crippen molar-refractivity contribution in [2.24, 2.45) is 0 Å². The molecule has 1 heterocycles. The lowest BCUT2D eigenvalue weighted by atomic mass is 10.1. The third-order valence-corrected chi connectivity index (χ3v) is 4.42. The molecular formula is C15H20Cl2N2. The fourth-order valence-electron chi connectivity index (χ4n) is 2.91. The van der Waals surface area contributed by atoms with E-state index in [9.17, 15) is 0 Å². The smallest absolute Gasteiger partial charge is 0.0424 e. The molecule has 19 heavy (non-hydrogen) atoms. The SMILES string of the molecule is Clc1cc(Cl)cc(CN(CC2CCCN2)C2CC2)c1. The second-order valence-corrected chi connectivity index (χ2v) is 6.60. The van der Waals surface area contributed by atoms with E-state index >= 15 is 0 Å². The van der Waals surface area contributed by atoms with Crippen LogP contribution in [0.4, 0.5) is 0 Å². The van der Waals surface area contributed by atoms with Gasteiger partial charge >= 0.3 is 0 Å². The monoisotopic (exact) mass is 298 g/mol. The molecule has 104 valence electrons. The Bertz CT molecular complexity index is 420. The van der Waals surface area contributed by atoms with Crippen LogP contribution < -0.4 is 5.32 Å². The molecule has 2 nitrogen and oxygen atoms in total. The van der Waals surface area contributed by atoms with Gasteiger partial charge in [-0.25, -0.2) is 0 Å². The van der Waals surface area contributed by atoms with Gasteiger partial charge in [-0.05, 0) is 56.0 Å². The molecule has 1 aromatic rings. The van der Waals surface area contributed by atoms with Crippen LogP contribution in [0.1, 0.15) is 31.2 Å². The van der Waals surface area contributed by atoms with Crippen LogP contribution >= 0.6 is 23.2 Å². The third kappa shape index (κ3) is 3.85. The van der Waals surface area contributed by atoms with E-state index in [-0.39, 0.29) is 0 Å². The summed E-state index contributed by atoms with van der Waals surface area (Å²) in [7, 11) is 0. The number of nitrogens with one attached hydrogen (secondary N) is 1. The van der Waals surface area contributed by atoms with Gasteiger partial charge in [-0.3, -0.25) is 4.90 Å². The largest absolute Gasteiger partial charge is 0.313 e. The Balaban J connectivity index is 1.66. The predicted octanol–water partition coefficient (Wildman–Crippen LogP) is 3.71. The summed E-state index contributed by atoms with van der Waals surface area (Å²) in [5.41, 5.74) is 1.22. The second-order valence-electron chi connectivity index (χ2n) is 5.73. The number of rotatable bonds is 5. The molecule has 0 aromatic heterocycles. The summed E-state index contributed by atoms with van der Waals surface area (Å²) in [6, 6.07) is 7.29. The predicted molar refractivity (Wildman–Crippen MR) is 80.9 cm³/mol. The minimum Gasteiger partial charge on any atom is -0.313 e. The Morgan fingerprint density at radius 1 is 1.11 bits per heavy atom. The molecule has 1 aliphatic heterocycles. The molecule has 2 aliphatic rings. The van der Waals surface area contributed by atoms with Gasteiger partial charge in [0.2, 0.25) is 0 Å². The zero-order chi connectivity index (χ0) is 13.2. The van der Waals surface area contributed by atoms with Crippen molar-refractivity contribution < 1.29 is 0 Å². The van der Waals surface area contributed by atoms with Crippen LogP contribution in [-0.4, -0.2) is 30.1 Å². The summed E-state index contributed by atoms with van der Waals surface area (Å²) in [5, 5.41) is 5.05. The van der Waals surface area contributed by atoms with E-state index in [4.69, 9.17) is 23.2 Å². The molecule has 1 saturated carbocycles. The first-order valence-electron chi connectivity index (χ1n) is 7.13. The van der Waals surface area contributed by atoms with Gasteiger partial charge in [0.15, 0.2) is 0 Å². The highest BCUT2D eigenvalue weighted by Crippen LogP contribution is 2.30. The Hall–Kier alpha value is -0.280. The maximum Gasteiger partial charge on any atom is 0.0424 e. The molecule has 1 saturated heterocycles. The van der Waals surface area contributed by atoms with E-state index in [1.807, 2.05) is 12.1 Å². The van der Waals surface area contributed by atoms with E-state index in [0.717, 1.165) is 29.2 Å². The van der Waals surface area contributed by atoms with Crippen molar-refractivity contribution in [3.63, 3.8) is 0 Å². The van der Waals surface area contributed by atoms with Gasteiger partial charge in [-0.1, -0.05) is 23.2 Å². The fraction of sp³-hybridized carbons (Fsp3) is 0.600. The van der Waals surface area contributed by atoms with Gasteiger partial charge in [0, 0.05) is 35.2 Å². The van der Waals surface area contributed by atoms with Gasteiger partial charge in [0.1, 0.15) is 0 Å². The standard InChI is InChI=1S/C15H20Cl2N2/c16-12-6-11(7-13(17)8-12)9-19(15-3-4-15)10-14-2-1-5-18-14/h6-8,14-15,18H,1-5,9-10H2. The van der Waals surface area contributed by atoms with E-state index in [2.05, 4.69) is 10.2 Å². The van der Waals surface area contributed by atoms with Gasteiger partial charge in [0.25, 0.3) is 0 Å². The molecule has 1 aliphatic carbocycles. The highest BCUT2D eigenvalue weighted by atomic mass is 35.5. The van der Waals surface area contributed by atoms with E-state index < -0.39 is 0 Å². The Morgan fingerprint density at radius 2 is 1.84 bits per heavy atom. The molecule has 0 spiro atoms. The van der Waals surface area contributed by atoms with Crippen molar-refractivity contribution in [1.29, 1.82) is 0 Å². The van der Waals surface area contributed by atoms with Gasteiger partial charge in [-0.15, -0.1) is 0 Å². The highest BCUT2D eigenvalue weighted by Gasteiger charge is 2.31. The lowest BCUT2D eigenvalue weighted by Crippen LogP contribution is -2.38. The van der Waals surface area contributed by atoms with Crippen molar-refractivity contribution in [3.05, 3.63) is 33.8 Å². The first-order valence-corrected chi connectivity index (χ1v) is 7.89. The van der Waals surface area contributed by atoms with Crippen LogP contribution in [0.25, 0.3) is 0 Å². The van der Waals surface area contributed by atoms with Gasteiger partial charge in [-0.2, -0.15) is 0 Å². The average molecular weight is 299 g/mol. The van der Waals surface area contributed by atoms with E-state index in [1.165, 1.54) is 37.8 Å². The quantitative estimate of drug-likeness (QED) is 0.891. The number of hydrogen-bond acceptors (Lipinski definition) is 2. The van der Waals surface area contributed by atoms with Crippen LogP contribution in [-0.2, 0) is 6.54 Å². The Labute approximate surface area is 125 Å². The topological polar surface area (TPSA) is 15.3 Å². The number of nitrogens with zero attached hydrogens (tertiary/aromatic N) is 1. The molecule has 1 atom stereocenters. The fourth-order valence-corrected chi connectivity index (χ4v) is 3.49. The molecule has 1 aromatic carbocycles. The lowest BCUT2D eigenvalue weighted by Gasteiger charge is -2.25. The number of hydrogen-bond donors (Lipinski definition) is 1. The third-order valence-electron chi connectivity index (χ3n) is 3.99. The maximum absolute atomic E-state index is 6.08. The molecule has 4 heteroatoms.